The van der Waals surface area contributed by atoms with Gasteiger partial charge in [0.25, 0.3) is 0 Å². The highest BCUT2D eigenvalue weighted by Crippen LogP contribution is 2.42. The van der Waals surface area contributed by atoms with E-state index in [1.165, 1.54) is 0 Å². The van der Waals surface area contributed by atoms with Crippen LogP contribution in [0.15, 0.2) is 132 Å². The summed E-state index contributed by atoms with van der Waals surface area (Å²) in [6.07, 6.45) is 0.428. The average molecular weight is 529 g/mol. The summed E-state index contributed by atoms with van der Waals surface area (Å²) >= 11 is 0. The first-order valence-corrected chi connectivity index (χ1v) is 13.7. The SMILES string of the molecule is [2H]c1c(-c2ccccc2)ccc(-c2c(C)ccc3c2oc2c(-c4ccc(-c5ccccc5)cc4)c(C#N)ccc23)[n+]1C. The third kappa shape index (κ3) is 4.18. The van der Waals surface area contributed by atoms with Crippen molar-refractivity contribution in [1.29, 1.82) is 5.26 Å². The van der Waals surface area contributed by atoms with Crippen LogP contribution in [0.5, 0.6) is 0 Å². The van der Waals surface area contributed by atoms with Crippen molar-refractivity contribution >= 4 is 21.9 Å². The molecule has 0 aliphatic rings. The maximum absolute atomic E-state index is 10.1. The number of furan rings is 1. The Morgan fingerprint density at radius 3 is 1.80 bits per heavy atom. The average Bonchev–Trinajstić information content (AvgIpc) is 3.41. The Morgan fingerprint density at radius 2 is 1.15 bits per heavy atom. The number of fused-ring (bicyclic) bond motifs is 3. The van der Waals surface area contributed by atoms with Gasteiger partial charge < -0.3 is 4.42 Å². The molecule has 0 atom stereocenters. The number of nitriles is 1. The Labute approximate surface area is 240 Å². The second-order valence-corrected chi connectivity index (χ2v) is 10.3. The summed E-state index contributed by atoms with van der Waals surface area (Å²) in [5.41, 5.74) is 10.8. The third-order valence-corrected chi connectivity index (χ3v) is 7.82. The number of nitrogens with zero attached hydrogens (tertiary/aromatic N) is 2. The van der Waals surface area contributed by atoms with Crippen LogP contribution in [-0.2, 0) is 7.05 Å². The van der Waals surface area contributed by atoms with E-state index in [9.17, 15) is 5.26 Å². The third-order valence-electron chi connectivity index (χ3n) is 7.82. The highest BCUT2D eigenvalue weighted by atomic mass is 16.3. The van der Waals surface area contributed by atoms with Crippen LogP contribution < -0.4 is 4.57 Å². The van der Waals surface area contributed by atoms with E-state index in [-0.39, 0.29) is 0 Å². The number of hydrogen-bond acceptors (Lipinski definition) is 2. The zero-order valence-corrected chi connectivity index (χ0v) is 22.8. The summed E-state index contributed by atoms with van der Waals surface area (Å²) in [5.74, 6) is 0. The monoisotopic (exact) mass is 528 g/mol. The van der Waals surface area contributed by atoms with Gasteiger partial charge in [0.1, 0.15) is 19.6 Å². The quantitative estimate of drug-likeness (QED) is 0.214. The van der Waals surface area contributed by atoms with Gasteiger partial charge in [0, 0.05) is 28.0 Å². The molecule has 194 valence electrons. The van der Waals surface area contributed by atoms with Gasteiger partial charge in [-0.15, -0.1) is 0 Å². The Kier molecular flexibility index (Phi) is 5.68. The van der Waals surface area contributed by atoms with Crippen molar-refractivity contribution in [3.05, 3.63) is 139 Å². The predicted molar refractivity (Wildman–Crippen MR) is 166 cm³/mol. The molecule has 0 radical (unpaired) electrons. The Hall–Kier alpha value is -5.46. The van der Waals surface area contributed by atoms with Crippen molar-refractivity contribution in [3.63, 3.8) is 0 Å². The Morgan fingerprint density at radius 1 is 0.610 bits per heavy atom. The number of rotatable bonds is 4. The second-order valence-electron chi connectivity index (χ2n) is 10.3. The summed E-state index contributed by atoms with van der Waals surface area (Å²) in [6.45, 7) is 2.07. The molecule has 7 aromatic rings. The fourth-order valence-electron chi connectivity index (χ4n) is 5.74. The molecule has 2 heterocycles. The molecule has 2 aromatic heterocycles. The van der Waals surface area contributed by atoms with Crippen LogP contribution in [0.25, 0.3) is 66.6 Å². The fourth-order valence-corrected chi connectivity index (χ4v) is 5.74. The van der Waals surface area contributed by atoms with E-state index in [0.717, 1.165) is 66.6 Å². The summed E-state index contributed by atoms with van der Waals surface area (Å²) in [7, 11) is 1.93. The Bertz CT molecular complexity index is 2160. The zero-order valence-electron chi connectivity index (χ0n) is 23.8. The van der Waals surface area contributed by atoms with E-state index in [1.807, 2.05) is 78.3 Å². The van der Waals surface area contributed by atoms with Gasteiger partial charge in [-0.1, -0.05) is 97.1 Å². The minimum Gasteiger partial charge on any atom is -0.454 e. The molecule has 3 nitrogen and oxygen atoms in total. The lowest BCUT2D eigenvalue weighted by molar-refractivity contribution is -0.659. The highest BCUT2D eigenvalue weighted by molar-refractivity contribution is 6.14. The van der Waals surface area contributed by atoms with Gasteiger partial charge in [-0.3, -0.25) is 0 Å². The van der Waals surface area contributed by atoms with E-state index < -0.39 is 0 Å². The predicted octanol–water partition coefficient (Wildman–Crippen LogP) is 9.26. The first-order chi connectivity index (χ1) is 20.5. The van der Waals surface area contributed by atoms with E-state index in [0.29, 0.717) is 17.3 Å². The smallest absolute Gasteiger partial charge is 0.216 e. The minimum absolute atomic E-state index is 0.428. The molecule has 0 bridgehead atoms. The molecular formula is C38H27N2O+. The number of aromatic nitrogens is 1. The van der Waals surface area contributed by atoms with Gasteiger partial charge in [-0.05, 0) is 52.9 Å². The highest BCUT2D eigenvalue weighted by Gasteiger charge is 2.23. The first-order valence-electron chi connectivity index (χ1n) is 14.2. The lowest BCUT2D eigenvalue weighted by Gasteiger charge is -2.08. The number of aryl methyl sites for hydroxylation is 1. The van der Waals surface area contributed by atoms with Crippen molar-refractivity contribution in [3.8, 4) is 50.7 Å². The molecule has 0 amide bonds. The van der Waals surface area contributed by atoms with Crippen LogP contribution in [0.4, 0.5) is 0 Å². The molecule has 0 N–H and O–H groups in total. The molecule has 41 heavy (non-hydrogen) atoms. The molecule has 0 unspecified atom stereocenters. The van der Waals surface area contributed by atoms with Crippen molar-refractivity contribution in [2.75, 3.05) is 0 Å². The van der Waals surface area contributed by atoms with Crippen LogP contribution in [0, 0.1) is 18.3 Å². The number of benzene rings is 5. The topological polar surface area (TPSA) is 40.8 Å². The fraction of sp³-hybridized carbons (Fsp3) is 0.0526. The minimum atomic E-state index is 0.428. The molecule has 0 spiro atoms. The number of pyridine rings is 1. The lowest BCUT2D eigenvalue weighted by atomic mass is 9.94. The van der Waals surface area contributed by atoms with Crippen LogP contribution in [0.3, 0.4) is 0 Å². The first kappa shape index (κ1) is 23.4. The van der Waals surface area contributed by atoms with Crippen molar-refractivity contribution in [1.82, 2.24) is 0 Å². The van der Waals surface area contributed by atoms with E-state index in [4.69, 9.17) is 5.79 Å². The maximum Gasteiger partial charge on any atom is 0.216 e. The van der Waals surface area contributed by atoms with Gasteiger partial charge in [-0.2, -0.15) is 5.26 Å². The van der Waals surface area contributed by atoms with Gasteiger partial charge in [0.2, 0.25) is 5.69 Å². The van der Waals surface area contributed by atoms with Crippen LogP contribution >= 0.6 is 0 Å². The van der Waals surface area contributed by atoms with E-state index >= 15 is 0 Å². The standard InChI is InChI=1S/C38H27N2O/c1-25-13-20-32-33-21-18-30(23-39)36(29-16-14-28(15-17-29)26-9-5-3-6-10-26)38(33)41-37(32)35(25)34-22-19-31(24-40(34)2)27-11-7-4-8-12-27/h3-22,24H,1-2H3/q+1/i24D. The molecular weight excluding hydrogens is 500 g/mol. The summed E-state index contributed by atoms with van der Waals surface area (Å²) in [5, 5.41) is 12.0. The zero-order chi connectivity index (χ0) is 28.8. The molecule has 0 fully saturated rings. The number of hydrogen-bond donors (Lipinski definition) is 0. The second kappa shape index (κ2) is 9.93. The van der Waals surface area contributed by atoms with E-state index in [1.54, 1.807) is 0 Å². The molecule has 0 saturated carbocycles. The van der Waals surface area contributed by atoms with Gasteiger partial charge in [0.05, 0.1) is 17.2 Å². The lowest BCUT2D eigenvalue weighted by Crippen LogP contribution is -2.30. The van der Waals surface area contributed by atoms with Crippen molar-refractivity contribution < 1.29 is 10.4 Å². The normalized spacial score (nSPS) is 11.5. The van der Waals surface area contributed by atoms with Gasteiger partial charge >= 0.3 is 0 Å². The Balaban J connectivity index is 1.43. The van der Waals surface area contributed by atoms with Crippen molar-refractivity contribution in [2.24, 2.45) is 7.05 Å². The maximum atomic E-state index is 10.1. The molecule has 7 rings (SSSR count). The molecule has 0 aliphatic heterocycles. The summed E-state index contributed by atoms with van der Waals surface area (Å²) in [4.78, 5) is 0. The summed E-state index contributed by atoms with van der Waals surface area (Å²) in [6, 6.07) is 43.1. The largest absolute Gasteiger partial charge is 0.454 e. The molecule has 0 saturated heterocycles. The molecule has 0 aliphatic carbocycles. The van der Waals surface area contributed by atoms with Gasteiger partial charge in [-0.25, -0.2) is 4.57 Å². The van der Waals surface area contributed by atoms with Crippen molar-refractivity contribution in [2.45, 2.75) is 6.92 Å². The molecule has 5 aromatic carbocycles. The van der Waals surface area contributed by atoms with Crippen LogP contribution in [-0.4, -0.2) is 0 Å². The summed E-state index contributed by atoms with van der Waals surface area (Å²) < 4.78 is 17.6. The van der Waals surface area contributed by atoms with Crippen LogP contribution in [0.2, 0.25) is 0 Å². The van der Waals surface area contributed by atoms with Gasteiger partial charge in [0.15, 0.2) is 6.17 Å². The van der Waals surface area contributed by atoms with Crippen LogP contribution in [0.1, 0.15) is 12.5 Å². The molecule has 3 heteroatoms. The van der Waals surface area contributed by atoms with E-state index in [2.05, 4.69) is 67.6 Å².